The molecule has 0 N–H and O–H groups in total. The van der Waals surface area contributed by atoms with Crippen LogP contribution in [0.5, 0.6) is 0 Å². The average molecular weight is 341 g/mol. The minimum Gasteiger partial charge on any atom is -0.338 e. The van der Waals surface area contributed by atoms with Crippen LogP contribution in [0.25, 0.3) is 11.5 Å². The van der Waals surface area contributed by atoms with Crippen molar-refractivity contribution < 1.29 is 4.79 Å². The fourth-order valence-electron chi connectivity index (χ4n) is 3.08. The maximum atomic E-state index is 12.9. The molecule has 6 heteroatoms. The largest absolute Gasteiger partial charge is 0.338 e. The zero-order valence-electron chi connectivity index (χ0n) is 13.1. The number of hydrogen-bond acceptors (Lipinski definition) is 2. The minimum absolute atomic E-state index is 0.0383. The van der Waals surface area contributed by atoms with Crippen molar-refractivity contribution in [2.45, 2.75) is 12.8 Å². The van der Waals surface area contributed by atoms with E-state index in [2.05, 4.69) is 5.10 Å². The molecule has 0 unspecified atom stereocenters. The van der Waals surface area contributed by atoms with Crippen molar-refractivity contribution in [2.75, 3.05) is 13.1 Å². The first-order chi connectivity index (χ1) is 11.7. The standard InChI is InChI=1S/C18H17ClN4O/c19-14-5-7-15(8-6-14)23-17(21-9-1-2-10-21)16(13-20-23)18(24)22-11-3-4-12-22/h1-2,5-10,13H,3-4,11-12H2. The summed E-state index contributed by atoms with van der Waals surface area (Å²) in [6.07, 6.45) is 7.63. The lowest BCUT2D eigenvalue weighted by molar-refractivity contribution is 0.0793. The van der Waals surface area contributed by atoms with Crippen LogP contribution in [-0.4, -0.2) is 38.2 Å². The van der Waals surface area contributed by atoms with Crippen LogP contribution in [0.15, 0.2) is 55.0 Å². The smallest absolute Gasteiger partial charge is 0.259 e. The number of amides is 1. The van der Waals surface area contributed by atoms with Crippen LogP contribution in [0.1, 0.15) is 23.2 Å². The first kappa shape index (κ1) is 15.0. The SMILES string of the molecule is O=C(c1cnn(-c2ccc(Cl)cc2)c1-n1cccc1)N1CCCC1. The number of hydrogen-bond donors (Lipinski definition) is 0. The lowest BCUT2D eigenvalue weighted by Gasteiger charge is -2.16. The van der Waals surface area contributed by atoms with Gasteiger partial charge in [-0.15, -0.1) is 0 Å². The quantitative estimate of drug-likeness (QED) is 0.731. The summed E-state index contributed by atoms with van der Waals surface area (Å²) < 4.78 is 3.70. The predicted molar refractivity (Wildman–Crippen MR) is 93.0 cm³/mol. The van der Waals surface area contributed by atoms with Crippen LogP contribution in [0, 0.1) is 0 Å². The summed E-state index contributed by atoms with van der Waals surface area (Å²) in [4.78, 5) is 14.8. The third kappa shape index (κ3) is 2.61. The van der Waals surface area contributed by atoms with Gasteiger partial charge in [0.15, 0.2) is 5.82 Å². The lowest BCUT2D eigenvalue weighted by atomic mass is 10.2. The van der Waals surface area contributed by atoms with Crippen LogP contribution in [0.3, 0.4) is 0 Å². The molecule has 1 saturated heterocycles. The number of nitrogens with zero attached hydrogens (tertiary/aromatic N) is 4. The van der Waals surface area contributed by atoms with Gasteiger partial charge in [0.05, 0.1) is 11.9 Å². The number of carbonyl (C=O) groups is 1. The molecule has 5 nitrogen and oxygen atoms in total. The molecule has 0 aliphatic carbocycles. The van der Waals surface area contributed by atoms with Gasteiger partial charge in [-0.25, -0.2) is 4.68 Å². The van der Waals surface area contributed by atoms with E-state index in [1.807, 2.05) is 58.3 Å². The second kappa shape index (κ2) is 6.17. The van der Waals surface area contributed by atoms with Gasteiger partial charge in [0.25, 0.3) is 5.91 Å². The molecule has 122 valence electrons. The van der Waals surface area contributed by atoms with Crippen molar-refractivity contribution >= 4 is 17.5 Å². The fraction of sp³-hybridized carbons (Fsp3) is 0.222. The van der Waals surface area contributed by atoms with Crippen molar-refractivity contribution in [3.63, 3.8) is 0 Å². The van der Waals surface area contributed by atoms with E-state index in [0.717, 1.165) is 37.4 Å². The van der Waals surface area contributed by atoms with E-state index in [0.29, 0.717) is 10.6 Å². The Bertz CT molecular complexity index is 846. The molecule has 4 rings (SSSR count). The maximum Gasteiger partial charge on any atom is 0.259 e. The van der Waals surface area contributed by atoms with Gasteiger partial charge < -0.3 is 9.47 Å². The molecule has 1 amide bonds. The Morgan fingerprint density at radius 2 is 1.71 bits per heavy atom. The summed E-state index contributed by atoms with van der Waals surface area (Å²) >= 11 is 5.98. The van der Waals surface area contributed by atoms with Gasteiger partial charge in [-0.2, -0.15) is 5.10 Å². The summed E-state index contributed by atoms with van der Waals surface area (Å²) in [7, 11) is 0. The van der Waals surface area contributed by atoms with Crippen LogP contribution < -0.4 is 0 Å². The highest BCUT2D eigenvalue weighted by Gasteiger charge is 2.26. The average Bonchev–Trinajstić information content (AvgIpc) is 3.34. The van der Waals surface area contributed by atoms with Crippen molar-refractivity contribution in [1.29, 1.82) is 0 Å². The molecule has 0 bridgehead atoms. The number of benzene rings is 1. The van der Waals surface area contributed by atoms with Crippen LogP contribution in [-0.2, 0) is 0 Å². The third-order valence-electron chi connectivity index (χ3n) is 4.29. The van der Waals surface area contributed by atoms with Crippen molar-refractivity contribution in [2.24, 2.45) is 0 Å². The van der Waals surface area contributed by atoms with Gasteiger partial charge in [-0.05, 0) is 49.2 Å². The summed E-state index contributed by atoms with van der Waals surface area (Å²) in [6, 6.07) is 11.3. The number of carbonyl (C=O) groups excluding carboxylic acids is 1. The molecule has 3 heterocycles. The van der Waals surface area contributed by atoms with Gasteiger partial charge in [0.2, 0.25) is 0 Å². The van der Waals surface area contributed by atoms with Gasteiger partial charge in [-0.3, -0.25) is 4.79 Å². The van der Waals surface area contributed by atoms with E-state index in [1.54, 1.807) is 10.9 Å². The summed E-state index contributed by atoms with van der Waals surface area (Å²) in [5, 5.41) is 5.14. The van der Waals surface area contributed by atoms with Gasteiger partial charge in [-0.1, -0.05) is 11.6 Å². The number of rotatable bonds is 3. The molecule has 0 radical (unpaired) electrons. The summed E-state index contributed by atoms with van der Waals surface area (Å²) in [5.74, 6) is 0.788. The molecule has 1 aliphatic heterocycles. The Morgan fingerprint density at radius 1 is 1.04 bits per heavy atom. The minimum atomic E-state index is 0.0383. The first-order valence-corrected chi connectivity index (χ1v) is 8.38. The topological polar surface area (TPSA) is 43.1 Å². The van der Waals surface area contributed by atoms with Crippen molar-refractivity contribution in [1.82, 2.24) is 19.2 Å². The molecular weight excluding hydrogens is 324 g/mol. The van der Waals surface area contributed by atoms with E-state index in [4.69, 9.17) is 11.6 Å². The molecule has 2 aromatic heterocycles. The van der Waals surface area contributed by atoms with Gasteiger partial charge in [0.1, 0.15) is 5.56 Å². The number of halogens is 1. The summed E-state index contributed by atoms with van der Waals surface area (Å²) in [5.41, 5.74) is 1.48. The fourth-order valence-corrected chi connectivity index (χ4v) is 3.20. The Labute approximate surface area is 145 Å². The molecule has 1 aromatic carbocycles. The Kier molecular flexibility index (Phi) is 3.86. The Morgan fingerprint density at radius 3 is 2.38 bits per heavy atom. The molecule has 0 atom stereocenters. The van der Waals surface area contributed by atoms with E-state index in [1.165, 1.54) is 0 Å². The van der Waals surface area contributed by atoms with Crippen LogP contribution in [0.2, 0.25) is 5.02 Å². The second-order valence-electron chi connectivity index (χ2n) is 5.86. The number of aromatic nitrogens is 3. The van der Waals surface area contributed by atoms with E-state index < -0.39 is 0 Å². The third-order valence-corrected chi connectivity index (χ3v) is 4.54. The van der Waals surface area contributed by atoms with Gasteiger partial charge in [0, 0.05) is 30.5 Å². The zero-order valence-corrected chi connectivity index (χ0v) is 13.9. The Hall–Kier alpha value is -2.53. The summed E-state index contributed by atoms with van der Waals surface area (Å²) in [6.45, 7) is 1.63. The van der Waals surface area contributed by atoms with Crippen LogP contribution >= 0.6 is 11.6 Å². The monoisotopic (exact) mass is 340 g/mol. The normalized spacial score (nSPS) is 14.3. The molecule has 1 fully saturated rings. The highest BCUT2D eigenvalue weighted by atomic mass is 35.5. The van der Waals surface area contributed by atoms with E-state index in [-0.39, 0.29) is 5.91 Å². The first-order valence-electron chi connectivity index (χ1n) is 8.00. The van der Waals surface area contributed by atoms with Crippen LogP contribution in [0.4, 0.5) is 0 Å². The van der Waals surface area contributed by atoms with E-state index in [9.17, 15) is 4.79 Å². The molecule has 0 spiro atoms. The molecule has 24 heavy (non-hydrogen) atoms. The molecule has 3 aromatic rings. The van der Waals surface area contributed by atoms with Crippen molar-refractivity contribution in [3.05, 3.63) is 65.6 Å². The molecule has 1 aliphatic rings. The zero-order chi connectivity index (χ0) is 16.5. The number of likely N-dealkylation sites (tertiary alicyclic amines) is 1. The molecule has 0 saturated carbocycles. The lowest BCUT2D eigenvalue weighted by Crippen LogP contribution is -2.28. The van der Waals surface area contributed by atoms with Crippen molar-refractivity contribution in [3.8, 4) is 11.5 Å². The second-order valence-corrected chi connectivity index (χ2v) is 6.30. The predicted octanol–water partition coefficient (Wildman–Crippen LogP) is 3.55. The highest BCUT2D eigenvalue weighted by molar-refractivity contribution is 6.30. The highest BCUT2D eigenvalue weighted by Crippen LogP contribution is 2.23. The maximum absolute atomic E-state index is 12.9. The van der Waals surface area contributed by atoms with Gasteiger partial charge >= 0.3 is 0 Å². The van der Waals surface area contributed by atoms with E-state index >= 15 is 0 Å². The molecular formula is C18H17ClN4O. The Balaban J connectivity index is 1.83.